The molecule has 3 fully saturated rings. The monoisotopic (exact) mass is 672 g/mol. The van der Waals surface area contributed by atoms with Crippen LogP contribution >= 0.6 is 19.7 Å². The molecule has 3 atom stereocenters. The summed E-state index contributed by atoms with van der Waals surface area (Å²) in [5.74, 6) is -0.419. The van der Waals surface area contributed by atoms with Gasteiger partial charge in [0.25, 0.3) is 5.91 Å². The largest absolute Gasteiger partial charge is 0.365 e. The quantitative estimate of drug-likeness (QED) is 0.285. The fourth-order valence-electron chi connectivity index (χ4n) is 6.07. The number of hydrogen-bond donors (Lipinski definition) is 3. The van der Waals surface area contributed by atoms with Gasteiger partial charge in [-0.1, -0.05) is 55.3 Å². The predicted octanol–water partition coefficient (Wildman–Crippen LogP) is 6.10. The lowest BCUT2D eigenvalue weighted by Crippen LogP contribution is -2.56. The van der Waals surface area contributed by atoms with Gasteiger partial charge in [-0.05, 0) is 62.1 Å². The van der Waals surface area contributed by atoms with E-state index >= 15 is 0 Å². The number of nitrogens with zero attached hydrogens (tertiary/aromatic N) is 3. The molecule has 0 radical (unpaired) electrons. The first-order valence-corrected chi connectivity index (χ1v) is 17.5. The number of piperidine rings is 1. The maximum Gasteiger partial charge on any atom is 0.339 e. The lowest BCUT2D eigenvalue weighted by Gasteiger charge is -2.43. The SMILES string of the molecule is N#CC1CCN(C(=O)[C@@H]2CCCC3CCCCCC(=O)N32)C1.NC(=O)c1cc2cc(C(F)(F)P(O)O)ccc2s1.c1ccccc1. The van der Waals surface area contributed by atoms with Crippen molar-refractivity contribution in [3.63, 3.8) is 0 Å². The number of benzene rings is 2. The molecule has 2 unspecified atom stereocenters. The van der Waals surface area contributed by atoms with Crippen molar-refractivity contribution in [1.82, 2.24) is 9.80 Å². The number of nitriles is 1. The molecule has 46 heavy (non-hydrogen) atoms. The number of carbonyl (C=O) groups is 3. The van der Waals surface area contributed by atoms with Gasteiger partial charge in [-0.25, -0.2) is 0 Å². The molecule has 3 aliphatic heterocycles. The number of amides is 3. The van der Waals surface area contributed by atoms with Crippen molar-refractivity contribution in [1.29, 1.82) is 5.26 Å². The molecule has 2 aromatic carbocycles. The zero-order valence-electron chi connectivity index (χ0n) is 25.4. The Kier molecular flexibility index (Phi) is 12.6. The second-order valence-electron chi connectivity index (χ2n) is 11.6. The zero-order chi connectivity index (χ0) is 33.3. The molecular weight excluding hydrogens is 633 g/mol. The van der Waals surface area contributed by atoms with E-state index in [-0.39, 0.29) is 34.7 Å². The van der Waals surface area contributed by atoms with Crippen molar-refractivity contribution in [3.05, 3.63) is 71.1 Å². The Labute approximate surface area is 272 Å². The van der Waals surface area contributed by atoms with E-state index in [0.717, 1.165) is 74.8 Å². The van der Waals surface area contributed by atoms with E-state index in [2.05, 4.69) is 6.07 Å². The summed E-state index contributed by atoms with van der Waals surface area (Å²) in [6.07, 6.45) is 8.48. The van der Waals surface area contributed by atoms with Crippen molar-refractivity contribution < 1.29 is 33.0 Å². The van der Waals surface area contributed by atoms with Crippen LogP contribution in [0.5, 0.6) is 0 Å². The topological polar surface area (TPSA) is 148 Å². The highest BCUT2D eigenvalue weighted by Crippen LogP contribution is 2.53. The highest BCUT2D eigenvalue weighted by molar-refractivity contribution is 7.46. The van der Waals surface area contributed by atoms with Gasteiger partial charge in [-0.15, -0.1) is 11.3 Å². The van der Waals surface area contributed by atoms with Crippen LogP contribution in [0, 0.1) is 17.2 Å². The Balaban J connectivity index is 0.000000179. The number of rotatable bonds is 4. The number of primary amides is 1. The summed E-state index contributed by atoms with van der Waals surface area (Å²) in [5.41, 5.74) is 0.900. The number of thiophene rings is 1. The predicted molar refractivity (Wildman–Crippen MR) is 174 cm³/mol. The lowest BCUT2D eigenvalue weighted by molar-refractivity contribution is -0.151. The maximum absolute atomic E-state index is 13.4. The molecule has 3 saturated heterocycles. The van der Waals surface area contributed by atoms with Gasteiger partial charge in [0, 0.05) is 35.8 Å². The van der Waals surface area contributed by atoms with Crippen LogP contribution in [0.4, 0.5) is 8.78 Å². The van der Waals surface area contributed by atoms with E-state index in [9.17, 15) is 23.2 Å². The summed E-state index contributed by atoms with van der Waals surface area (Å²) >= 11 is 1.09. The van der Waals surface area contributed by atoms with Crippen molar-refractivity contribution >= 4 is 47.5 Å². The van der Waals surface area contributed by atoms with Crippen LogP contribution in [-0.2, 0) is 15.3 Å². The van der Waals surface area contributed by atoms with E-state index in [1.165, 1.54) is 12.1 Å². The van der Waals surface area contributed by atoms with Gasteiger partial charge >= 0.3 is 5.66 Å². The van der Waals surface area contributed by atoms with Crippen molar-refractivity contribution in [2.75, 3.05) is 13.1 Å². The summed E-state index contributed by atoms with van der Waals surface area (Å²) < 4.78 is 27.5. The van der Waals surface area contributed by atoms with Gasteiger partial charge in [-0.2, -0.15) is 14.0 Å². The summed E-state index contributed by atoms with van der Waals surface area (Å²) in [5, 5.41) is 9.44. The molecular formula is C33H39F2N4O5PS. The number of nitrogens with two attached hydrogens (primary N) is 1. The lowest BCUT2D eigenvalue weighted by atomic mass is 9.89. The second kappa shape index (κ2) is 16.4. The van der Waals surface area contributed by atoms with Gasteiger partial charge < -0.3 is 25.3 Å². The molecule has 3 aromatic rings. The molecule has 6 rings (SSSR count). The summed E-state index contributed by atoms with van der Waals surface area (Å²) in [6.45, 7) is 1.21. The Morgan fingerprint density at radius 3 is 2.26 bits per heavy atom. The molecule has 1 aromatic heterocycles. The van der Waals surface area contributed by atoms with Crippen LogP contribution < -0.4 is 5.73 Å². The van der Waals surface area contributed by atoms with Gasteiger partial charge in [-0.3, -0.25) is 14.4 Å². The number of fused-ring (bicyclic) bond motifs is 2. The molecule has 9 nitrogen and oxygen atoms in total. The van der Waals surface area contributed by atoms with Crippen molar-refractivity contribution in [2.24, 2.45) is 11.7 Å². The normalized spacial score (nSPS) is 21.6. The molecule has 0 spiro atoms. The average molecular weight is 673 g/mol. The smallest absolute Gasteiger partial charge is 0.339 e. The molecule has 0 aliphatic carbocycles. The fourth-order valence-corrected chi connectivity index (χ4v) is 7.34. The Bertz CT molecular complexity index is 1510. The third kappa shape index (κ3) is 8.85. The van der Waals surface area contributed by atoms with E-state index < -0.39 is 25.5 Å². The summed E-state index contributed by atoms with van der Waals surface area (Å²) in [7, 11) is -3.40. The first-order valence-electron chi connectivity index (χ1n) is 15.4. The number of alkyl halides is 2. The van der Waals surface area contributed by atoms with E-state index in [4.69, 9.17) is 20.8 Å². The molecule has 4 heterocycles. The minimum atomic E-state index is -3.70. The summed E-state index contributed by atoms with van der Waals surface area (Å²) in [4.78, 5) is 57.8. The Morgan fingerprint density at radius 2 is 1.65 bits per heavy atom. The van der Waals surface area contributed by atoms with Gasteiger partial charge in [0.2, 0.25) is 20.2 Å². The number of hydrogen-bond acceptors (Lipinski definition) is 7. The number of likely N-dealkylation sites (tertiary alicyclic amines) is 1. The maximum atomic E-state index is 13.4. The highest BCUT2D eigenvalue weighted by Gasteiger charge is 2.42. The Hall–Kier alpha value is -3.49. The van der Waals surface area contributed by atoms with E-state index in [1.807, 2.05) is 46.2 Å². The van der Waals surface area contributed by atoms with Crippen LogP contribution in [0.1, 0.15) is 73.0 Å². The van der Waals surface area contributed by atoms with Gasteiger partial charge in [0.1, 0.15) is 6.04 Å². The summed E-state index contributed by atoms with van der Waals surface area (Å²) in [6, 6.07) is 19.3. The van der Waals surface area contributed by atoms with E-state index in [0.29, 0.717) is 29.6 Å². The van der Waals surface area contributed by atoms with Gasteiger partial charge in [0.05, 0.1) is 16.9 Å². The minimum absolute atomic E-state index is 0.0358. The standard InChI is InChI=1S/C17H25N3O2.C10H8F2NO3PS.C6H6/c18-11-13-9-10-19(12-13)17(22)15-7-4-6-14-5-2-1-3-8-16(21)20(14)15;11-10(12,17(15)16)6-1-2-7-5(3-6)4-8(18-7)9(13)14;1-2-4-6-5-3-1/h13-15H,1-10,12H2;1-4,15-16H,(H2,13,14);1-6H/t13?,14?,15-;;/m0../s1. The van der Waals surface area contributed by atoms with E-state index in [1.54, 1.807) is 0 Å². The van der Waals surface area contributed by atoms with Crippen LogP contribution in [0.25, 0.3) is 10.1 Å². The molecule has 0 bridgehead atoms. The third-order valence-electron chi connectivity index (χ3n) is 8.45. The molecule has 0 saturated carbocycles. The average Bonchev–Trinajstić information content (AvgIpc) is 3.72. The number of carbonyl (C=O) groups excluding carboxylic acids is 3. The molecule has 246 valence electrons. The highest BCUT2D eigenvalue weighted by atomic mass is 32.1. The molecule has 13 heteroatoms. The van der Waals surface area contributed by atoms with Crippen molar-refractivity contribution in [2.45, 2.75) is 75.5 Å². The van der Waals surface area contributed by atoms with Crippen LogP contribution in [-0.4, -0.2) is 62.5 Å². The van der Waals surface area contributed by atoms with Crippen LogP contribution in [0.2, 0.25) is 0 Å². The third-order valence-corrected chi connectivity index (χ3v) is 10.3. The first-order chi connectivity index (χ1) is 22.0. The van der Waals surface area contributed by atoms with Gasteiger partial charge in [0.15, 0.2) is 0 Å². The fraction of sp³-hybridized carbons (Fsp3) is 0.455. The molecule has 3 aliphatic rings. The van der Waals surface area contributed by atoms with Crippen LogP contribution in [0.15, 0.2) is 60.7 Å². The Morgan fingerprint density at radius 1 is 0.978 bits per heavy atom. The zero-order valence-corrected chi connectivity index (χ0v) is 27.1. The molecule has 3 amide bonds. The number of halogens is 2. The molecule has 4 N–H and O–H groups in total. The minimum Gasteiger partial charge on any atom is -0.365 e. The first kappa shape index (κ1) is 35.4. The second-order valence-corrected chi connectivity index (χ2v) is 13.8. The van der Waals surface area contributed by atoms with Crippen molar-refractivity contribution in [3.8, 4) is 6.07 Å². The van der Waals surface area contributed by atoms with Crippen LogP contribution in [0.3, 0.4) is 0 Å².